The molecule has 3 aliphatic carbocycles. The van der Waals surface area contributed by atoms with Gasteiger partial charge in [-0.1, -0.05) is 83.3 Å². The van der Waals surface area contributed by atoms with Crippen molar-refractivity contribution in [1.29, 1.82) is 0 Å². The Morgan fingerprint density at radius 3 is 2.51 bits per heavy atom. The number of rotatable bonds is 12. The number of ether oxygens (including phenoxy) is 1. The minimum Gasteiger partial charge on any atom is -0.423 e. The fourth-order valence-corrected chi connectivity index (χ4v) is 7.94. The topological polar surface area (TPSA) is 26.3 Å². The normalized spacial score (nSPS) is 29.9. The van der Waals surface area contributed by atoms with Crippen LogP contribution in [0.15, 0.2) is 30.9 Å². The molecule has 0 spiro atoms. The van der Waals surface area contributed by atoms with Crippen molar-refractivity contribution in [2.45, 2.75) is 122 Å². The summed E-state index contributed by atoms with van der Waals surface area (Å²) in [6.45, 7) is 6.02. The molecular formula is C34H51FO2. The van der Waals surface area contributed by atoms with Crippen molar-refractivity contribution in [3.63, 3.8) is 0 Å². The van der Waals surface area contributed by atoms with Crippen LogP contribution in [0, 0.1) is 41.3 Å². The Balaban J connectivity index is 1.24. The molecule has 0 radical (unpaired) electrons. The smallest absolute Gasteiger partial charge is 0.314 e. The Morgan fingerprint density at radius 2 is 1.76 bits per heavy atom. The molecule has 1 aromatic rings. The van der Waals surface area contributed by atoms with Gasteiger partial charge in [0.05, 0.1) is 5.92 Å². The Hall–Kier alpha value is -1.64. The summed E-state index contributed by atoms with van der Waals surface area (Å²) in [5, 5.41) is 0. The monoisotopic (exact) mass is 510 g/mol. The van der Waals surface area contributed by atoms with Crippen molar-refractivity contribution in [2.75, 3.05) is 0 Å². The number of carbonyl (C=O) groups is 1. The first-order chi connectivity index (χ1) is 18.1. The van der Waals surface area contributed by atoms with Gasteiger partial charge in [0.25, 0.3) is 0 Å². The molecular weight excluding hydrogens is 459 g/mol. The molecule has 0 aliphatic heterocycles. The minimum absolute atomic E-state index is 0.0667. The van der Waals surface area contributed by atoms with Crippen molar-refractivity contribution in [1.82, 2.24) is 0 Å². The minimum atomic E-state index is -0.428. The van der Waals surface area contributed by atoms with E-state index in [0.717, 1.165) is 55.4 Å². The lowest BCUT2D eigenvalue weighted by atomic mass is 9.59. The average molecular weight is 511 g/mol. The lowest BCUT2D eigenvalue weighted by molar-refractivity contribution is -0.144. The largest absolute Gasteiger partial charge is 0.423 e. The summed E-state index contributed by atoms with van der Waals surface area (Å²) in [7, 11) is 0. The Bertz CT molecular complexity index is 855. The first-order valence-electron chi connectivity index (χ1n) is 15.7. The second kappa shape index (κ2) is 14.5. The molecule has 3 aliphatic rings. The van der Waals surface area contributed by atoms with Crippen molar-refractivity contribution in [3.8, 4) is 5.75 Å². The third-order valence-corrected chi connectivity index (χ3v) is 10.1. The van der Waals surface area contributed by atoms with Gasteiger partial charge in [0.1, 0.15) is 0 Å². The zero-order valence-corrected chi connectivity index (χ0v) is 23.4. The van der Waals surface area contributed by atoms with E-state index in [4.69, 9.17) is 4.74 Å². The van der Waals surface area contributed by atoms with E-state index in [9.17, 15) is 9.18 Å². The van der Waals surface area contributed by atoms with E-state index in [1.807, 2.05) is 12.1 Å². The molecule has 0 saturated heterocycles. The number of hydrogen-bond acceptors (Lipinski definition) is 2. The highest BCUT2D eigenvalue weighted by molar-refractivity contribution is 5.75. The molecule has 3 saturated carbocycles. The number of carbonyl (C=O) groups excluding carboxylic acids is 1. The van der Waals surface area contributed by atoms with Crippen LogP contribution in [0.4, 0.5) is 4.39 Å². The summed E-state index contributed by atoms with van der Waals surface area (Å²) in [4.78, 5) is 13.2. The highest BCUT2D eigenvalue weighted by Gasteiger charge is 2.43. The average Bonchev–Trinajstić information content (AvgIpc) is 2.92. The fourth-order valence-electron chi connectivity index (χ4n) is 7.94. The molecule has 0 bridgehead atoms. The molecule has 4 atom stereocenters. The predicted molar refractivity (Wildman–Crippen MR) is 151 cm³/mol. The van der Waals surface area contributed by atoms with Gasteiger partial charge in [0.15, 0.2) is 11.6 Å². The van der Waals surface area contributed by atoms with Gasteiger partial charge in [-0.3, -0.25) is 4.79 Å². The van der Waals surface area contributed by atoms with Crippen LogP contribution in [0.2, 0.25) is 0 Å². The van der Waals surface area contributed by atoms with Gasteiger partial charge >= 0.3 is 5.97 Å². The molecule has 0 heterocycles. The van der Waals surface area contributed by atoms with E-state index >= 15 is 0 Å². The van der Waals surface area contributed by atoms with Crippen LogP contribution < -0.4 is 4.74 Å². The van der Waals surface area contributed by atoms with Crippen LogP contribution in [0.1, 0.15) is 122 Å². The van der Waals surface area contributed by atoms with Gasteiger partial charge in [0.2, 0.25) is 0 Å². The Kier molecular flexibility index (Phi) is 11.1. The van der Waals surface area contributed by atoms with Gasteiger partial charge in [-0.15, -0.1) is 6.58 Å². The molecule has 0 N–H and O–H groups in total. The first kappa shape index (κ1) is 28.4. The van der Waals surface area contributed by atoms with E-state index in [0.29, 0.717) is 11.8 Å². The van der Waals surface area contributed by atoms with Crippen molar-refractivity contribution >= 4 is 5.97 Å². The molecule has 4 rings (SSSR count). The van der Waals surface area contributed by atoms with Crippen LogP contribution in [0.3, 0.4) is 0 Å². The lowest BCUT2D eigenvalue weighted by Gasteiger charge is -2.46. The fraction of sp³-hybridized carbons (Fsp3) is 0.735. The second-order valence-corrected chi connectivity index (χ2v) is 12.5. The van der Waals surface area contributed by atoms with Gasteiger partial charge < -0.3 is 4.74 Å². The second-order valence-electron chi connectivity index (χ2n) is 12.5. The Labute approximate surface area is 225 Å². The van der Waals surface area contributed by atoms with E-state index in [1.54, 1.807) is 6.07 Å². The quantitative estimate of drug-likeness (QED) is 0.121. The van der Waals surface area contributed by atoms with Gasteiger partial charge in [-0.05, 0) is 98.7 Å². The summed E-state index contributed by atoms with van der Waals surface area (Å²) < 4.78 is 20.3. The van der Waals surface area contributed by atoms with Gasteiger partial charge in [0, 0.05) is 0 Å². The Morgan fingerprint density at radius 1 is 0.973 bits per heavy atom. The van der Waals surface area contributed by atoms with E-state index in [-0.39, 0.29) is 17.6 Å². The van der Waals surface area contributed by atoms with Crippen molar-refractivity contribution < 1.29 is 13.9 Å². The summed E-state index contributed by atoms with van der Waals surface area (Å²) in [6.07, 6.45) is 24.6. The molecule has 4 unspecified atom stereocenters. The van der Waals surface area contributed by atoms with Crippen molar-refractivity contribution in [2.24, 2.45) is 35.5 Å². The number of benzene rings is 1. The molecule has 206 valence electrons. The summed E-state index contributed by atoms with van der Waals surface area (Å²) in [6, 6.07) is 5.00. The van der Waals surface area contributed by atoms with Crippen LogP contribution in [0.25, 0.3) is 0 Å². The van der Waals surface area contributed by atoms with Gasteiger partial charge in [-0.25, -0.2) is 4.39 Å². The maximum Gasteiger partial charge on any atom is 0.314 e. The van der Waals surface area contributed by atoms with E-state index in [2.05, 4.69) is 13.5 Å². The third kappa shape index (κ3) is 7.93. The maximum absolute atomic E-state index is 14.6. The SMILES string of the molecule is C=CCCc1ccc(OC(=O)C2CCCC3CC(C4CCC(CCCCCCC)CC4)CCC32)c(F)c1. The van der Waals surface area contributed by atoms with Crippen LogP contribution >= 0.6 is 0 Å². The lowest BCUT2D eigenvalue weighted by Crippen LogP contribution is -2.40. The number of unbranched alkanes of at least 4 members (excludes halogenated alkanes) is 4. The van der Waals surface area contributed by atoms with Gasteiger partial charge in [-0.2, -0.15) is 0 Å². The first-order valence-corrected chi connectivity index (χ1v) is 15.7. The summed E-state index contributed by atoms with van der Waals surface area (Å²) in [5.41, 5.74) is 0.911. The summed E-state index contributed by atoms with van der Waals surface area (Å²) >= 11 is 0. The van der Waals surface area contributed by atoms with Crippen LogP contribution in [-0.4, -0.2) is 5.97 Å². The molecule has 3 heteroatoms. The third-order valence-electron chi connectivity index (χ3n) is 10.1. The van der Waals surface area contributed by atoms with Crippen LogP contribution in [-0.2, 0) is 11.2 Å². The number of fused-ring (bicyclic) bond motifs is 1. The standard InChI is InChI=1S/C34H51FO2/c1-3-5-7-8-9-12-25-15-18-27(19-16-25)28-20-21-30-29(24-28)13-10-14-31(30)34(36)37-33-22-17-26(11-6-4-2)23-32(33)35/h4,17,22-23,25,27-31H,2-3,5-16,18-21,24H2,1H3. The molecule has 3 fully saturated rings. The van der Waals surface area contributed by atoms with E-state index in [1.165, 1.54) is 89.5 Å². The molecule has 0 amide bonds. The maximum atomic E-state index is 14.6. The number of aryl methyl sites for hydroxylation is 1. The predicted octanol–water partition coefficient (Wildman–Crippen LogP) is 9.85. The number of hydrogen-bond donors (Lipinski definition) is 0. The molecule has 2 nitrogen and oxygen atoms in total. The number of halogens is 1. The highest BCUT2D eigenvalue weighted by Crippen LogP contribution is 2.50. The molecule has 0 aromatic heterocycles. The van der Waals surface area contributed by atoms with E-state index < -0.39 is 5.82 Å². The number of esters is 1. The van der Waals surface area contributed by atoms with Crippen LogP contribution in [0.5, 0.6) is 5.75 Å². The summed E-state index contributed by atoms with van der Waals surface area (Å²) in [5.74, 6) is 3.18. The zero-order valence-electron chi connectivity index (χ0n) is 23.4. The van der Waals surface area contributed by atoms with Crippen molar-refractivity contribution in [3.05, 3.63) is 42.2 Å². The zero-order chi connectivity index (χ0) is 26.0. The molecule has 1 aromatic carbocycles. The highest BCUT2D eigenvalue weighted by atomic mass is 19.1. The number of allylic oxidation sites excluding steroid dienone is 1. The molecule has 37 heavy (non-hydrogen) atoms.